The normalized spacial score (nSPS) is 17.0. The first kappa shape index (κ1) is 16.6. The molecule has 0 bridgehead atoms. The number of carbonyl (C=O) groups is 1. The van der Waals surface area contributed by atoms with Crippen molar-refractivity contribution in [2.24, 2.45) is 5.92 Å². The van der Waals surface area contributed by atoms with Gasteiger partial charge in [-0.15, -0.1) is 0 Å². The minimum absolute atomic E-state index is 0.0740. The highest BCUT2D eigenvalue weighted by atomic mass is 35.5. The molecule has 4 nitrogen and oxygen atoms in total. The zero-order valence-corrected chi connectivity index (χ0v) is 14.9. The molecule has 2 aromatic rings. The Balaban J connectivity index is 1.58. The van der Waals surface area contributed by atoms with Crippen LogP contribution in [0.25, 0.3) is 0 Å². The van der Waals surface area contributed by atoms with Gasteiger partial charge in [-0.05, 0) is 54.7 Å². The third-order valence-electron chi connectivity index (χ3n) is 4.48. The van der Waals surface area contributed by atoms with E-state index in [9.17, 15) is 4.79 Å². The van der Waals surface area contributed by atoms with E-state index in [1.807, 2.05) is 18.2 Å². The Labute approximate surface area is 156 Å². The van der Waals surface area contributed by atoms with Crippen molar-refractivity contribution in [3.05, 3.63) is 57.6 Å². The van der Waals surface area contributed by atoms with E-state index in [0.717, 1.165) is 29.9 Å². The number of fused-ring (bicyclic) bond motifs is 1. The molecule has 1 aliphatic carbocycles. The molecular weight excluding hydrogens is 361 g/mol. The Kier molecular flexibility index (Phi) is 4.48. The molecule has 2 aromatic carbocycles. The number of benzene rings is 2. The summed E-state index contributed by atoms with van der Waals surface area (Å²) in [5, 5.41) is 3.97. The first-order valence-corrected chi connectivity index (χ1v) is 9.03. The fraction of sp³-hybridized carbons (Fsp3) is 0.316. The summed E-state index contributed by atoms with van der Waals surface area (Å²) in [6.45, 7) is 1.10. The van der Waals surface area contributed by atoms with E-state index in [4.69, 9.17) is 32.7 Å². The average molecular weight is 378 g/mol. The first-order chi connectivity index (χ1) is 12.1. The Morgan fingerprint density at radius 1 is 1.04 bits per heavy atom. The van der Waals surface area contributed by atoms with Crippen molar-refractivity contribution in [2.75, 3.05) is 13.2 Å². The minimum Gasteiger partial charge on any atom is -0.486 e. The Morgan fingerprint density at radius 2 is 1.80 bits per heavy atom. The lowest BCUT2D eigenvalue weighted by Crippen LogP contribution is -2.30. The van der Waals surface area contributed by atoms with E-state index in [1.54, 1.807) is 18.2 Å². The molecular formula is C19H17Cl2NO3. The highest BCUT2D eigenvalue weighted by molar-refractivity contribution is 6.36. The summed E-state index contributed by atoms with van der Waals surface area (Å²) in [5.41, 5.74) is 1.44. The molecule has 2 aliphatic rings. The number of rotatable bonds is 4. The van der Waals surface area contributed by atoms with Crippen molar-refractivity contribution in [1.82, 2.24) is 5.32 Å². The highest BCUT2D eigenvalue weighted by Crippen LogP contribution is 2.43. The van der Waals surface area contributed by atoms with Gasteiger partial charge in [0, 0.05) is 5.02 Å². The lowest BCUT2D eigenvalue weighted by Gasteiger charge is -2.23. The molecule has 1 N–H and O–H groups in total. The predicted octanol–water partition coefficient (Wildman–Crippen LogP) is 4.65. The Morgan fingerprint density at radius 3 is 2.52 bits per heavy atom. The van der Waals surface area contributed by atoms with Crippen LogP contribution in [0.1, 0.15) is 34.8 Å². The van der Waals surface area contributed by atoms with Gasteiger partial charge < -0.3 is 14.8 Å². The molecule has 1 amide bonds. The fourth-order valence-electron chi connectivity index (χ4n) is 3.05. The Bertz CT molecular complexity index is 820. The zero-order chi connectivity index (χ0) is 17.4. The van der Waals surface area contributed by atoms with Gasteiger partial charge >= 0.3 is 0 Å². The SMILES string of the molecule is O=C(NC(c1ccc2c(c1)OCCO2)C1CC1)c1ccc(Cl)cc1Cl. The van der Waals surface area contributed by atoms with Gasteiger partial charge in [0.2, 0.25) is 0 Å². The molecule has 0 saturated heterocycles. The van der Waals surface area contributed by atoms with Gasteiger partial charge in [0.15, 0.2) is 11.5 Å². The highest BCUT2D eigenvalue weighted by Gasteiger charge is 2.34. The number of hydrogen-bond acceptors (Lipinski definition) is 3. The van der Waals surface area contributed by atoms with Crippen LogP contribution in [0.2, 0.25) is 10.0 Å². The van der Waals surface area contributed by atoms with Crippen LogP contribution in [0, 0.1) is 5.92 Å². The summed E-state index contributed by atoms with van der Waals surface area (Å²) >= 11 is 12.1. The van der Waals surface area contributed by atoms with E-state index in [2.05, 4.69) is 5.32 Å². The predicted molar refractivity (Wildman–Crippen MR) is 96.8 cm³/mol. The molecule has 0 aromatic heterocycles. The second-order valence-electron chi connectivity index (χ2n) is 6.32. The number of carbonyl (C=O) groups excluding carboxylic acids is 1. The summed E-state index contributed by atoms with van der Waals surface area (Å²) in [6, 6.07) is 10.7. The van der Waals surface area contributed by atoms with Gasteiger partial charge in [-0.1, -0.05) is 29.3 Å². The molecule has 1 aliphatic heterocycles. The lowest BCUT2D eigenvalue weighted by molar-refractivity contribution is 0.0931. The van der Waals surface area contributed by atoms with Crippen molar-refractivity contribution in [1.29, 1.82) is 0 Å². The molecule has 0 radical (unpaired) electrons. The maximum atomic E-state index is 12.7. The van der Waals surface area contributed by atoms with Crippen LogP contribution in [0.5, 0.6) is 11.5 Å². The molecule has 1 heterocycles. The molecule has 1 fully saturated rings. The molecule has 130 valence electrons. The number of nitrogens with one attached hydrogen (secondary N) is 1. The lowest BCUT2D eigenvalue weighted by atomic mass is 10.0. The summed E-state index contributed by atoms with van der Waals surface area (Å²) in [5.74, 6) is 1.70. The van der Waals surface area contributed by atoms with Crippen LogP contribution in [-0.4, -0.2) is 19.1 Å². The van der Waals surface area contributed by atoms with E-state index >= 15 is 0 Å². The van der Waals surface area contributed by atoms with Gasteiger partial charge in [-0.3, -0.25) is 4.79 Å². The van der Waals surface area contributed by atoms with Crippen LogP contribution < -0.4 is 14.8 Å². The van der Waals surface area contributed by atoms with Crippen molar-refractivity contribution >= 4 is 29.1 Å². The third kappa shape index (κ3) is 3.55. The van der Waals surface area contributed by atoms with Crippen LogP contribution in [-0.2, 0) is 0 Å². The molecule has 1 saturated carbocycles. The van der Waals surface area contributed by atoms with Gasteiger partial charge in [0.25, 0.3) is 5.91 Å². The van der Waals surface area contributed by atoms with Crippen LogP contribution in [0.4, 0.5) is 0 Å². The fourth-order valence-corrected chi connectivity index (χ4v) is 3.54. The standard InChI is InChI=1S/C19H17Cl2NO3/c20-13-4-5-14(15(21)10-13)19(23)22-18(11-1-2-11)12-3-6-16-17(9-12)25-8-7-24-16/h3-6,9-11,18H,1-2,7-8H2,(H,22,23). The number of halogens is 2. The molecule has 6 heteroatoms. The summed E-state index contributed by atoms with van der Waals surface area (Å²) < 4.78 is 11.2. The third-order valence-corrected chi connectivity index (χ3v) is 5.03. The molecule has 4 rings (SSSR count). The van der Waals surface area contributed by atoms with E-state index in [0.29, 0.717) is 34.7 Å². The molecule has 1 unspecified atom stereocenters. The molecule has 0 spiro atoms. The smallest absolute Gasteiger partial charge is 0.253 e. The van der Waals surface area contributed by atoms with Crippen molar-refractivity contribution in [3.8, 4) is 11.5 Å². The first-order valence-electron chi connectivity index (χ1n) is 8.27. The van der Waals surface area contributed by atoms with Crippen LogP contribution in [0.3, 0.4) is 0 Å². The second kappa shape index (κ2) is 6.77. The van der Waals surface area contributed by atoms with E-state index in [1.165, 1.54) is 0 Å². The maximum absolute atomic E-state index is 12.7. The van der Waals surface area contributed by atoms with Crippen molar-refractivity contribution in [3.63, 3.8) is 0 Å². The van der Waals surface area contributed by atoms with Gasteiger partial charge in [-0.2, -0.15) is 0 Å². The maximum Gasteiger partial charge on any atom is 0.253 e. The van der Waals surface area contributed by atoms with Gasteiger partial charge in [0.05, 0.1) is 16.6 Å². The van der Waals surface area contributed by atoms with Crippen molar-refractivity contribution < 1.29 is 14.3 Å². The number of ether oxygens (including phenoxy) is 2. The van der Waals surface area contributed by atoms with Gasteiger partial charge in [-0.25, -0.2) is 0 Å². The number of amides is 1. The summed E-state index contributed by atoms with van der Waals surface area (Å²) in [4.78, 5) is 12.7. The van der Waals surface area contributed by atoms with E-state index in [-0.39, 0.29) is 11.9 Å². The van der Waals surface area contributed by atoms with E-state index < -0.39 is 0 Å². The van der Waals surface area contributed by atoms with Gasteiger partial charge in [0.1, 0.15) is 13.2 Å². The van der Waals surface area contributed by atoms with Crippen LogP contribution >= 0.6 is 23.2 Å². The minimum atomic E-state index is -0.201. The Hall–Kier alpha value is -1.91. The number of hydrogen-bond donors (Lipinski definition) is 1. The second-order valence-corrected chi connectivity index (χ2v) is 7.16. The monoisotopic (exact) mass is 377 g/mol. The zero-order valence-electron chi connectivity index (χ0n) is 13.4. The summed E-state index contributed by atoms with van der Waals surface area (Å²) in [7, 11) is 0. The largest absolute Gasteiger partial charge is 0.486 e. The molecule has 25 heavy (non-hydrogen) atoms. The quantitative estimate of drug-likeness (QED) is 0.843. The van der Waals surface area contributed by atoms with Crippen LogP contribution in [0.15, 0.2) is 36.4 Å². The summed E-state index contributed by atoms with van der Waals surface area (Å²) in [6.07, 6.45) is 2.18. The average Bonchev–Trinajstić information content (AvgIpc) is 3.44. The topological polar surface area (TPSA) is 47.6 Å². The molecule has 1 atom stereocenters. The van der Waals surface area contributed by atoms with Crippen molar-refractivity contribution in [2.45, 2.75) is 18.9 Å².